The van der Waals surface area contributed by atoms with Crippen molar-refractivity contribution in [2.24, 2.45) is 5.41 Å². The molecule has 5 heteroatoms. The Morgan fingerprint density at radius 1 is 1.15 bits per heavy atom. The number of carbonyl (C=O) groups excluding carboxylic acids is 1. The third-order valence-corrected chi connectivity index (χ3v) is 5.37. The van der Waals surface area contributed by atoms with Gasteiger partial charge in [-0.15, -0.1) is 0 Å². The number of aliphatic hydroxyl groups excluding tert-OH is 1. The molecule has 1 heterocycles. The van der Waals surface area contributed by atoms with E-state index in [1.807, 2.05) is 24.3 Å². The van der Waals surface area contributed by atoms with Crippen LogP contribution in [0.1, 0.15) is 17.0 Å². The van der Waals surface area contributed by atoms with Crippen LogP contribution in [0.4, 0.5) is 4.79 Å². The lowest BCUT2D eigenvalue weighted by Gasteiger charge is -2.41. The normalized spacial score (nSPS) is 17.2. The van der Waals surface area contributed by atoms with Gasteiger partial charge in [-0.1, -0.05) is 48.5 Å². The topological polar surface area (TPSA) is 59.0 Å². The molecule has 0 saturated carbocycles. The highest BCUT2D eigenvalue weighted by atomic mass is 16.6. The van der Waals surface area contributed by atoms with Crippen LogP contribution in [0.2, 0.25) is 0 Å². The quantitative estimate of drug-likeness (QED) is 0.898. The number of fused-ring (bicyclic) bond motifs is 3. The molecule has 0 bridgehead atoms. The highest BCUT2D eigenvalue weighted by molar-refractivity contribution is 5.79. The molecule has 0 aromatic heterocycles. The molecule has 2 aromatic rings. The molecule has 1 fully saturated rings. The second-order valence-corrected chi connectivity index (χ2v) is 7.31. The SMILES string of the molecule is CN(CC1(CO)COC1)C(=O)OCC1c2ccccc2-c2ccccc21. The summed E-state index contributed by atoms with van der Waals surface area (Å²) in [7, 11) is 1.70. The zero-order valence-electron chi connectivity index (χ0n) is 14.9. The summed E-state index contributed by atoms with van der Waals surface area (Å²) in [5.41, 5.74) is 4.47. The van der Waals surface area contributed by atoms with E-state index in [2.05, 4.69) is 24.3 Å². The Morgan fingerprint density at radius 2 is 1.73 bits per heavy atom. The summed E-state index contributed by atoms with van der Waals surface area (Å²) in [5, 5.41) is 9.53. The first kappa shape index (κ1) is 17.1. The number of aliphatic hydroxyl groups is 1. The standard InChI is InChI=1S/C21H23NO4/c1-22(11-21(12-23)13-25-14-21)20(24)26-10-19-17-8-4-2-6-15(17)16-7-3-5-9-18(16)19/h2-9,19,23H,10-14H2,1H3. The Balaban J connectivity index is 1.45. The first-order chi connectivity index (χ1) is 12.6. The fraction of sp³-hybridized carbons (Fsp3) is 0.381. The van der Waals surface area contributed by atoms with Gasteiger partial charge in [-0.25, -0.2) is 4.79 Å². The molecular weight excluding hydrogens is 330 g/mol. The van der Waals surface area contributed by atoms with Gasteiger partial charge in [0.25, 0.3) is 0 Å². The fourth-order valence-electron chi connectivity index (χ4n) is 3.90. The molecule has 1 saturated heterocycles. The van der Waals surface area contributed by atoms with Crippen LogP contribution in [-0.2, 0) is 9.47 Å². The van der Waals surface area contributed by atoms with Crippen molar-refractivity contribution in [3.8, 4) is 11.1 Å². The van der Waals surface area contributed by atoms with E-state index in [1.165, 1.54) is 27.2 Å². The van der Waals surface area contributed by atoms with Crippen molar-refractivity contribution < 1.29 is 19.4 Å². The molecule has 1 amide bonds. The molecule has 26 heavy (non-hydrogen) atoms. The fourth-order valence-corrected chi connectivity index (χ4v) is 3.90. The van der Waals surface area contributed by atoms with Gasteiger partial charge in [-0.05, 0) is 22.3 Å². The largest absolute Gasteiger partial charge is 0.448 e. The van der Waals surface area contributed by atoms with Gasteiger partial charge in [0.2, 0.25) is 0 Å². The molecule has 4 rings (SSSR count). The summed E-state index contributed by atoms with van der Waals surface area (Å²) < 4.78 is 10.8. The van der Waals surface area contributed by atoms with Crippen LogP contribution >= 0.6 is 0 Å². The van der Waals surface area contributed by atoms with Crippen molar-refractivity contribution >= 4 is 6.09 Å². The number of carbonyl (C=O) groups is 1. The Morgan fingerprint density at radius 3 is 2.23 bits per heavy atom. The monoisotopic (exact) mass is 353 g/mol. The summed E-state index contributed by atoms with van der Waals surface area (Å²) in [6.45, 7) is 1.70. The van der Waals surface area contributed by atoms with Gasteiger partial charge >= 0.3 is 6.09 Å². The minimum Gasteiger partial charge on any atom is -0.448 e. The van der Waals surface area contributed by atoms with Crippen molar-refractivity contribution in [3.05, 3.63) is 59.7 Å². The molecule has 136 valence electrons. The van der Waals surface area contributed by atoms with Crippen LogP contribution in [0.3, 0.4) is 0 Å². The predicted octanol–water partition coefficient (Wildman–Crippen LogP) is 2.88. The Labute approximate surface area is 153 Å². The van der Waals surface area contributed by atoms with Crippen LogP contribution in [-0.4, -0.2) is 56.1 Å². The van der Waals surface area contributed by atoms with E-state index in [9.17, 15) is 9.90 Å². The smallest absolute Gasteiger partial charge is 0.409 e. The van der Waals surface area contributed by atoms with Gasteiger partial charge in [0, 0.05) is 19.5 Å². The maximum Gasteiger partial charge on any atom is 0.409 e. The van der Waals surface area contributed by atoms with Crippen molar-refractivity contribution in [2.45, 2.75) is 5.92 Å². The maximum atomic E-state index is 12.4. The Bertz CT molecular complexity index is 764. The molecule has 2 aromatic carbocycles. The van der Waals surface area contributed by atoms with Crippen LogP contribution in [0, 0.1) is 5.41 Å². The average Bonchev–Trinajstić information content (AvgIpc) is 2.96. The predicted molar refractivity (Wildman–Crippen MR) is 98.0 cm³/mol. The first-order valence-corrected chi connectivity index (χ1v) is 8.88. The van der Waals surface area contributed by atoms with Crippen LogP contribution in [0.15, 0.2) is 48.5 Å². The first-order valence-electron chi connectivity index (χ1n) is 8.88. The number of amides is 1. The number of benzene rings is 2. The van der Waals surface area contributed by atoms with Gasteiger partial charge in [0.15, 0.2) is 0 Å². The second kappa shape index (κ2) is 6.74. The van der Waals surface area contributed by atoms with Crippen molar-refractivity contribution in [2.75, 3.05) is 40.0 Å². The lowest BCUT2D eigenvalue weighted by Crippen LogP contribution is -2.53. The molecule has 0 radical (unpaired) electrons. The third kappa shape index (κ3) is 2.87. The van der Waals surface area contributed by atoms with E-state index in [-0.39, 0.29) is 24.0 Å². The van der Waals surface area contributed by atoms with Gasteiger partial charge in [0.05, 0.1) is 25.2 Å². The number of hydrogen-bond acceptors (Lipinski definition) is 4. The van der Waals surface area contributed by atoms with Gasteiger partial charge in [-0.3, -0.25) is 0 Å². The van der Waals surface area contributed by atoms with Crippen molar-refractivity contribution in [1.29, 1.82) is 0 Å². The number of ether oxygens (including phenoxy) is 2. The van der Waals surface area contributed by atoms with Gasteiger partial charge < -0.3 is 19.5 Å². The summed E-state index contributed by atoms with van der Waals surface area (Å²) in [5.74, 6) is 0.0542. The molecule has 1 aliphatic heterocycles. The highest BCUT2D eigenvalue weighted by Gasteiger charge is 2.40. The van der Waals surface area contributed by atoms with Crippen LogP contribution < -0.4 is 0 Å². The van der Waals surface area contributed by atoms with Crippen LogP contribution in [0.25, 0.3) is 11.1 Å². The molecule has 1 aliphatic carbocycles. The van der Waals surface area contributed by atoms with Gasteiger partial charge in [-0.2, -0.15) is 0 Å². The van der Waals surface area contributed by atoms with Crippen molar-refractivity contribution in [1.82, 2.24) is 4.90 Å². The van der Waals surface area contributed by atoms with E-state index in [1.54, 1.807) is 7.05 Å². The molecule has 0 unspecified atom stereocenters. The molecule has 2 aliphatic rings. The summed E-state index contributed by atoms with van der Waals surface area (Å²) in [6, 6.07) is 16.5. The molecular formula is C21H23NO4. The highest BCUT2D eigenvalue weighted by Crippen LogP contribution is 2.44. The maximum absolute atomic E-state index is 12.4. The zero-order valence-corrected chi connectivity index (χ0v) is 14.9. The Hall–Kier alpha value is -2.37. The number of rotatable bonds is 5. The lowest BCUT2D eigenvalue weighted by atomic mass is 9.86. The summed E-state index contributed by atoms with van der Waals surface area (Å²) in [6.07, 6.45) is -0.369. The molecule has 1 N–H and O–H groups in total. The van der Waals surface area contributed by atoms with Crippen molar-refractivity contribution in [3.63, 3.8) is 0 Å². The molecule has 0 spiro atoms. The van der Waals surface area contributed by atoms with Gasteiger partial charge in [0.1, 0.15) is 6.61 Å². The second-order valence-electron chi connectivity index (χ2n) is 7.31. The van der Waals surface area contributed by atoms with E-state index in [4.69, 9.17) is 9.47 Å². The lowest BCUT2D eigenvalue weighted by molar-refractivity contribution is -0.144. The Kier molecular flexibility index (Phi) is 4.42. The van der Waals surface area contributed by atoms with E-state index in [0.29, 0.717) is 26.4 Å². The van der Waals surface area contributed by atoms with E-state index >= 15 is 0 Å². The van der Waals surface area contributed by atoms with Crippen LogP contribution in [0.5, 0.6) is 0 Å². The number of nitrogens with zero attached hydrogens (tertiary/aromatic N) is 1. The minimum absolute atomic E-state index is 0.00793. The van der Waals surface area contributed by atoms with E-state index < -0.39 is 0 Å². The summed E-state index contributed by atoms with van der Waals surface area (Å²) >= 11 is 0. The third-order valence-electron chi connectivity index (χ3n) is 5.37. The number of hydrogen-bond donors (Lipinski definition) is 1. The minimum atomic E-state index is -0.369. The summed E-state index contributed by atoms with van der Waals surface area (Å²) in [4.78, 5) is 14.0. The molecule has 0 atom stereocenters. The zero-order chi connectivity index (χ0) is 18.1. The van der Waals surface area contributed by atoms with E-state index in [0.717, 1.165) is 0 Å². The molecule has 5 nitrogen and oxygen atoms in total. The average molecular weight is 353 g/mol.